The van der Waals surface area contributed by atoms with E-state index in [2.05, 4.69) is 5.32 Å². The molecule has 0 spiro atoms. The van der Waals surface area contributed by atoms with Crippen LogP contribution in [0.3, 0.4) is 0 Å². The number of carbonyl (C=O) groups is 2. The first-order valence-electron chi connectivity index (χ1n) is 3.76. The van der Waals surface area contributed by atoms with Crippen molar-refractivity contribution in [3.63, 3.8) is 0 Å². The molecule has 68 valence electrons. The molecule has 0 aromatic rings. The molecule has 1 heterocycles. The number of nitrogens with one attached hydrogen (secondary N) is 2. The first kappa shape index (κ1) is 8.79. The molecule has 1 rings (SSSR count). The van der Waals surface area contributed by atoms with E-state index in [1.165, 1.54) is 4.90 Å². The molecular formula is C6H12N4O2. The Morgan fingerprint density at radius 2 is 2.50 bits per heavy atom. The lowest BCUT2D eigenvalue weighted by molar-refractivity contribution is -0.121. The summed E-state index contributed by atoms with van der Waals surface area (Å²) < 4.78 is 0. The zero-order chi connectivity index (χ0) is 8.97. The highest BCUT2D eigenvalue weighted by Gasteiger charge is 2.19. The van der Waals surface area contributed by atoms with Crippen molar-refractivity contribution in [2.75, 3.05) is 19.6 Å². The first-order valence-corrected chi connectivity index (χ1v) is 3.76. The minimum Gasteiger partial charge on any atom is -0.338 e. The molecular weight excluding hydrogens is 160 g/mol. The lowest BCUT2D eigenvalue weighted by Crippen LogP contribution is -2.50. The normalized spacial score (nSPS) is 17.1. The smallest absolute Gasteiger partial charge is 0.317 e. The molecule has 1 aliphatic heterocycles. The van der Waals surface area contributed by atoms with Crippen LogP contribution in [-0.4, -0.2) is 36.5 Å². The van der Waals surface area contributed by atoms with Crippen LogP contribution in [0.5, 0.6) is 0 Å². The van der Waals surface area contributed by atoms with Crippen molar-refractivity contribution in [2.45, 2.75) is 6.42 Å². The van der Waals surface area contributed by atoms with Crippen LogP contribution >= 0.6 is 0 Å². The van der Waals surface area contributed by atoms with Crippen molar-refractivity contribution in [3.8, 4) is 0 Å². The van der Waals surface area contributed by atoms with Crippen molar-refractivity contribution in [1.29, 1.82) is 0 Å². The van der Waals surface area contributed by atoms with Gasteiger partial charge < -0.3 is 10.2 Å². The summed E-state index contributed by atoms with van der Waals surface area (Å²) in [7, 11) is 0. The van der Waals surface area contributed by atoms with Crippen molar-refractivity contribution in [2.24, 2.45) is 5.84 Å². The Morgan fingerprint density at radius 3 is 3.08 bits per heavy atom. The Hall–Kier alpha value is -1.30. The summed E-state index contributed by atoms with van der Waals surface area (Å²) in [6.45, 7) is 1.32. The average molecular weight is 172 g/mol. The van der Waals surface area contributed by atoms with Crippen LogP contribution in [0, 0.1) is 0 Å². The molecule has 0 radical (unpaired) electrons. The summed E-state index contributed by atoms with van der Waals surface area (Å²) in [5, 5.41) is 2.63. The third-order valence-corrected chi connectivity index (χ3v) is 1.66. The van der Waals surface area contributed by atoms with E-state index >= 15 is 0 Å². The maximum Gasteiger partial charge on any atom is 0.317 e. The van der Waals surface area contributed by atoms with Gasteiger partial charge in [-0.05, 0) is 6.42 Å². The second-order valence-corrected chi connectivity index (χ2v) is 2.57. The molecule has 0 bridgehead atoms. The van der Waals surface area contributed by atoms with E-state index in [1.807, 2.05) is 5.43 Å². The predicted octanol–water partition coefficient (Wildman–Crippen LogP) is -1.61. The lowest BCUT2D eigenvalue weighted by Gasteiger charge is -2.26. The van der Waals surface area contributed by atoms with Crippen molar-refractivity contribution in [1.82, 2.24) is 15.6 Å². The summed E-state index contributed by atoms with van der Waals surface area (Å²) in [6.07, 6.45) is 0.865. The van der Waals surface area contributed by atoms with Gasteiger partial charge in [0, 0.05) is 13.1 Å². The molecule has 1 aliphatic rings. The van der Waals surface area contributed by atoms with Crippen LogP contribution in [0.4, 0.5) is 4.79 Å². The molecule has 0 aromatic heterocycles. The van der Waals surface area contributed by atoms with E-state index in [4.69, 9.17) is 5.84 Å². The Kier molecular flexibility index (Phi) is 2.87. The van der Waals surface area contributed by atoms with E-state index in [0.29, 0.717) is 13.1 Å². The number of nitrogens with two attached hydrogens (primary N) is 1. The third kappa shape index (κ3) is 2.09. The quantitative estimate of drug-likeness (QED) is 0.266. The molecule has 0 aliphatic carbocycles. The zero-order valence-corrected chi connectivity index (χ0v) is 6.67. The number of rotatable bonds is 2. The number of nitrogens with zero attached hydrogens (tertiary/aromatic N) is 1. The molecule has 6 nitrogen and oxygen atoms in total. The summed E-state index contributed by atoms with van der Waals surface area (Å²) >= 11 is 0. The molecule has 1 fully saturated rings. The fraction of sp³-hybridized carbons (Fsp3) is 0.667. The van der Waals surface area contributed by atoms with Gasteiger partial charge in [-0.1, -0.05) is 0 Å². The van der Waals surface area contributed by atoms with Gasteiger partial charge in [-0.15, -0.1) is 0 Å². The van der Waals surface area contributed by atoms with Gasteiger partial charge in [-0.3, -0.25) is 10.2 Å². The summed E-state index contributed by atoms with van der Waals surface area (Å²) in [4.78, 5) is 23.2. The second kappa shape index (κ2) is 3.91. The van der Waals surface area contributed by atoms with Crippen molar-refractivity contribution < 1.29 is 9.59 Å². The minimum absolute atomic E-state index is 0.0301. The van der Waals surface area contributed by atoms with E-state index in [9.17, 15) is 9.59 Å². The Labute approximate surface area is 70.1 Å². The van der Waals surface area contributed by atoms with E-state index in [0.717, 1.165) is 6.42 Å². The van der Waals surface area contributed by atoms with Crippen LogP contribution in [0.1, 0.15) is 6.42 Å². The molecule has 3 amide bonds. The molecule has 4 N–H and O–H groups in total. The highest BCUT2D eigenvalue weighted by Crippen LogP contribution is 1.97. The van der Waals surface area contributed by atoms with E-state index < -0.39 is 0 Å². The largest absolute Gasteiger partial charge is 0.338 e. The molecule has 0 atom stereocenters. The maximum atomic E-state index is 11.0. The standard InChI is InChI=1S/C6H12N4O2/c7-9-5(11)4-10-3-1-2-8-6(10)12/h1-4,7H2,(H,8,12)(H,9,11). The fourth-order valence-corrected chi connectivity index (χ4v) is 1.05. The van der Waals surface area contributed by atoms with E-state index in [-0.39, 0.29) is 18.5 Å². The van der Waals surface area contributed by atoms with Crippen molar-refractivity contribution >= 4 is 11.9 Å². The van der Waals surface area contributed by atoms with Crippen LogP contribution in [0.15, 0.2) is 0 Å². The number of carbonyl (C=O) groups excluding carboxylic acids is 2. The topological polar surface area (TPSA) is 87.5 Å². The molecule has 0 saturated carbocycles. The highest BCUT2D eigenvalue weighted by molar-refractivity contribution is 5.83. The lowest BCUT2D eigenvalue weighted by atomic mass is 10.3. The van der Waals surface area contributed by atoms with Crippen molar-refractivity contribution in [3.05, 3.63) is 0 Å². The monoisotopic (exact) mass is 172 g/mol. The Balaban J connectivity index is 2.39. The van der Waals surface area contributed by atoms with Gasteiger partial charge in [0.1, 0.15) is 6.54 Å². The van der Waals surface area contributed by atoms with Gasteiger partial charge in [0.25, 0.3) is 5.91 Å². The van der Waals surface area contributed by atoms with Gasteiger partial charge in [0.15, 0.2) is 0 Å². The Morgan fingerprint density at radius 1 is 1.75 bits per heavy atom. The molecule has 12 heavy (non-hydrogen) atoms. The highest BCUT2D eigenvalue weighted by atomic mass is 16.2. The van der Waals surface area contributed by atoms with Gasteiger partial charge in [0.2, 0.25) is 0 Å². The maximum absolute atomic E-state index is 11.0. The minimum atomic E-state index is -0.355. The number of amides is 3. The molecule has 0 unspecified atom stereocenters. The number of urea groups is 1. The van der Waals surface area contributed by atoms with Crippen LogP contribution in [0.25, 0.3) is 0 Å². The molecule has 0 aromatic carbocycles. The van der Waals surface area contributed by atoms with Gasteiger partial charge >= 0.3 is 6.03 Å². The van der Waals surface area contributed by atoms with Gasteiger partial charge in [-0.2, -0.15) is 0 Å². The number of hydrazine groups is 1. The first-order chi connectivity index (χ1) is 5.74. The SMILES string of the molecule is NNC(=O)CN1CCCNC1=O. The predicted molar refractivity (Wildman–Crippen MR) is 41.9 cm³/mol. The van der Waals surface area contributed by atoms with Crippen LogP contribution in [0.2, 0.25) is 0 Å². The van der Waals surface area contributed by atoms with Crippen LogP contribution < -0.4 is 16.6 Å². The van der Waals surface area contributed by atoms with E-state index in [1.54, 1.807) is 0 Å². The number of hydrogen-bond donors (Lipinski definition) is 3. The van der Waals surface area contributed by atoms with Crippen LogP contribution in [-0.2, 0) is 4.79 Å². The number of hydrogen-bond acceptors (Lipinski definition) is 3. The summed E-state index contributed by atoms with van der Waals surface area (Å²) in [5.41, 5.74) is 1.97. The Bertz CT molecular complexity index is 194. The summed E-state index contributed by atoms with van der Waals surface area (Å²) in [5.74, 6) is 4.52. The zero-order valence-electron chi connectivity index (χ0n) is 6.67. The second-order valence-electron chi connectivity index (χ2n) is 2.57. The molecule has 1 saturated heterocycles. The summed E-state index contributed by atoms with van der Waals surface area (Å²) in [6, 6.07) is -0.204. The molecule has 6 heteroatoms. The fourth-order valence-electron chi connectivity index (χ4n) is 1.05. The van der Waals surface area contributed by atoms with Gasteiger partial charge in [-0.25, -0.2) is 10.6 Å². The third-order valence-electron chi connectivity index (χ3n) is 1.66. The van der Waals surface area contributed by atoms with Gasteiger partial charge in [0.05, 0.1) is 0 Å². The average Bonchev–Trinajstić information content (AvgIpc) is 2.09.